The van der Waals surface area contributed by atoms with E-state index in [0.717, 1.165) is 5.56 Å². The van der Waals surface area contributed by atoms with E-state index in [0.29, 0.717) is 10.6 Å². The molecule has 5 heteroatoms. The highest BCUT2D eigenvalue weighted by Gasteiger charge is 2.27. The molecule has 2 heterocycles. The Morgan fingerprint density at radius 3 is 2.94 bits per heavy atom. The van der Waals surface area contributed by atoms with E-state index in [9.17, 15) is 9.90 Å². The molecular formula is C13H15NO3S. The van der Waals surface area contributed by atoms with E-state index >= 15 is 0 Å². The predicted octanol–water partition coefficient (Wildman–Crippen LogP) is 2.29. The van der Waals surface area contributed by atoms with Gasteiger partial charge < -0.3 is 14.8 Å². The van der Waals surface area contributed by atoms with Crippen LogP contribution < -0.4 is 5.32 Å². The molecule has 0 radical (unpaired) electrons. The SMILES string of the molecule is Cc1csc(C(=O)NCC(C)(O)c2ccco2)c1. The van der Waals surface area contributed by atoms with E-state index in [2.05, 4.69) is 5.32 Å². The van der Waals surface area contributed by atoms with Crippen molar-refractivity contribution in [1.29, 1.82) is 0 Å². The number of aliphatic hydroxyl groups is 1. The first-order chi connectivity index (χ1) is 8.49. The molecule has 0 aliphatic carbocycles. The van der Waals surface area contributed by atoms with Crippen LogP contribution in [-0.2, 0) is 5.60 Å². The van der Waals surface area contributed by atoms with Crippen molar-refractivity contribution in [3.8, 4) is 0 Å². The number of aryl methyl sites for hydroxylation is 1. The number of carbonyl (C=O) groups is 1. The molecule has 2 aromatic rings. The lowest BCUT2D eigenvalue weighted by Gasteiger charge is -2.20. The number of thiophene rings is 1. The number of nitrogens with one attached hydrogen (secondary N) is 1. The maximum atomic E-state index is 11.8. The average Bonchev–Trinajstić information content (AvgIpc) is 2.96. The number of hydrogen-bond donors (Lipinski definition) is 2. The van der Waals surface area contributed by atoms with Crippen LogP contribution in [-0.4, -0.2) is 17.6 Å². The second-order valence-corrected chi connectivity index (χ2v) is 5.33. The third kappa shape index (κ3) is 2.80. The Labute approximate surface area is 109 Å². The topological polar surface area (TPSA) is 62.5 Å². The third-order valence-corrected chi connectivity index (χ3v) is 3.65. The highest BCUT2D eigenvalue weighted by Crippen LogP contribution is 2.20. The van der Waals surface area contributed by atoms with Crippen molar-refractivity contribution in [3.63, 3.8) is 0 Å². The normalized spacial score (nSPS) is 14.2. The molecule has 1 amide bonds. The molecule has 2 N–H and O–H groups in total. The van der Waals surface area contributed by atoms with Gasteiger partial charge in [-0.25, -0.2) is 0 Å². The molecule has 0 saturated carbocycles. The van der Waals surface area contributed by atoms with Crippen LogP contribution in [0.3, 0.4) is 0 Å². The minimum atomic E-state index is -1.20. The van der Waals surface area contributed by atoms with Crippen molar-refractivity contribution in [2.75, 3.05) is 6.54 Å². The Bertz CT molecular complexity index is 528. The monoisotopic (exact) mass is 265 g/mol. The fourth-order valence-electron chi connectivity index (χ4n) is 1.56. The van der Waals surface area contributed by atoms with Crippen LogP contribution in [0.2, 0.25) is 0 Å². The van der Waals surface area contributed by atoms with Crippen LogP contribution in [0.15, 0.2) is 34.3 Å². The largest absolute Gasteiger partial charge is 0.466 e. The summed E-state index contributed by atoms with van der Waals surface area (Å²) in [6.07, 6.45) is 1.49. The summed E-state index contributed by atoms with van der Waals surface area (Å²) in [7, 11) is 0. The van der Waals surface area contributed by atoms with Crippen LogP contribution in [0.4, 0.5) is 0 Å². The lowest BCUT2D eigenvalue weighted by Crippen LogP contribution is -2.38. The van der Waals surface area contributed by atoms with Crippen molar-refractivity contribution in [2.24, 2.45) is 0 Å². The average molecular weight is 265 g/mol. The Balaban J connectivity index is 1.98. The van der Waals surface area contributed by atoms with Gasteiger partial charge in [0.05, 0.1) is 17.7 Å². The van der Waals surface area contributed by atoms with Gasteiger partial charge in [0.15, 0.2) is 0 Å². The Morgan fingerprint density at radius 2 is 2.39 bits per heavy atom. The van der Waals surface area contributed by atoms with Crippen LogP contribution >= 0.6 is 11.3 Å². The van der Waals surface area contributed by atoms with Gasteiger partial charge >= 0.3 is 0 Å². The fraction of sp³-hybridized carbons (Fsp3) is 0.308. The Hall–Kier alpha value is -1.59. The summed E-state index contributed by atoms with van der Waals surface area (Å²) in [4.78, 5) is 12.5. The van der Waals surface area contributed by atoms with Gasteiger partial charge in [-0.2, -0.15) is 0 Å². The van der Waals surface area contributed by atoms with E-state index < -0.39 is 5.60 Å². The zero-order chi connectivity index (χ0) is 13.2. The quantitative estimate of drug-likeness (QED) is 0.891. The first kappa shape index (κ1) is 12.9. The molecule has 0 saturated heterocycles. The van der Waals surface area contributed by atoms with E-state index in [4.69, 9.17) is 4.42 Å². The maximum absolute atomic E-state index is 11.8. The number of hydrogen-bond acceptors (Lipinski definition) is 4. The van der Waals surface area contributed by atoms with Gasteiger partial charge in [-0.05, 0) is 43.0 Å². The summed E-state index contributed by atoms with van der Waals surface area (Å²) in [5, 5.41) is 14.8. The molecule has 2 aromatic heterocycles. The molecule has 0 aliphatic rings. The Morgan fingerprint density at radius 1 is 1.61 bits per heavy atom. The summed E-state index contributed by atoms with van der Waals surface area (Å²) < 4.78 is 5.14. The standard InChI is InChI=1S/C13H15NO3S/c1-9-6-10(18-7-9)12(15)14-8-13(2,16)11-4-3-5-17-11/h3-7,16H,8H2,1-2H3,(H,14,15). The van der Waals surface area contributed by atoms with Crippen LogP contribution in [0.25, 0.3) is 0 Å². The van der Waals surface area contributed by atoms with Gasteiger partial charge in [0.2, 0.25) is 0 Å². The highest BCUT2D eigenvalue weighted by atomic mass is 32.1. The lowest BCUT2D eigenvalue weighted by molar-refractivity contribution is 0.0331. The van der Waals surface area contributed by atoms with Crippen molar-refractivity contribution in [1.82, 2.24) is 5.32 Å². The Kier molecular flexibility index (Phi) is 3.54. The van der Waals surface area contributed by atoms with Gasteiger partial charge in [-0.3, -0.25) is 4.79 Å². The highest BCUT2D eigenvalue weighted by molar-refractivity contribution is 7.12. The number of carbonyl (C=O) groups excluding carboxylic acids is 1. The van der Waals surface area contributed by atoms with E-state index in [-0.39, 0.29) is 12.5 Å². The molecule has 0 fully saturated rings. The van der Waals surface area contributed by atoms with Crippen molar-refractivity contribution < 1.29 is 14.3 Å². The molecule has 0 bridgehead atoms. The van der Waals surface area contributed by atoms with E-state index in [1.54, 1.807) is 19.1 Å². The molecule has 0 aliphatic heterocycles. The molecule has 4 nitrogen and oxygen atoms in total. The second kappa shape index (κ2) is 4.96. The fourth-order valence-corrected chi connectivity index (χ4v) is 2.38. The van der Waals surface area contributed by atoms with Gasteiger partial charge in [0.25, 0.3) is 5.91 Å². The van der Waals surface area contributed by atoms with Gasteiger partial charge in [-0.15, -0.1) is 11.3 Å². The zero-order valence-electron chi connectivity index (χ0n) is 10.3. The summed E-state index contributed by atoms with van der Waals surface area (Å²) in [6, 6.07) is 5.21. The molecular weight excluding hydrogens is 250 g/mol. The lowest BCUT2D eigenvalue weighted by atomic mass is 10.0. The molecule has 1 atom stereocenters. The maximum Gasteiger partial charge on any atom is 0.261 e. The number of rotatable bonds is 4. The summed E-state index contributed by atoms with van der Waals surface area (Å²) in [6.45, 7) is 3.65. The van der Waals surface area contributed by atoms with Crippen molar-refractivity contribution >= 4 is 17.2 Å². The second-order valence-electron chi connectivity index (χ2n) is 4.42. The summed E-state index contributed by atoms with van der Waals surface area (Å²) >= 11 is 1.39. The number of furan rings is 1. The smallest absolute Gasteiger partial charge is 0.261 e. The molecule has 0 spiro atoms. The van der Waals surface area contributed by atoms with Crippen molar-refractivity contribution in [2.45, 2.75) is 19.4 Å². The van der Waals surface area contributed by atoms with Crippen LogP contribution in [0.1, 0.15) is 27.9 Å². The minimum absolute atomic E-state index is 0.107. The molecule has 96 valence electrons. The van der Waals surface area contributed by atoms with E-state index in [1.165, 1.54) is 17.6 Å². The van der Waals surface area contributed by atoms with Crippen molar-refractivity contribution in [3.05, 3.63) is 46.0 Å². The molecule has 2 rings (SSSR count). The van der Waals surface area contributed by atoms with Gasteiger partial charge in [-0.1, -0.05) is 0 Å². The van der Waals surface area contributed by atoms with E-state index in [1.807, 2.05) is 18.4 Å². The van der Waals surface area contributed by atoms with Gasteiger partial charge in [0.1, 0.15) is 11.4 Å². The predicted molar refractivity (Wildman–Crippen MR) is 69.7 cm³/mol. The van der Waals surface area contributed by atoms with Crippen LogP contribution in [0, 0.1) is 6.92 Å². The van der Waals surface area contributed by atoms with Crippen LogP contribution in [0.5, 0.6) is 0 Å². The van der Waals surface area contributed by atoms with Gasteiger partial charge in [0, 0.05) is 0 Å². The first-order valence-corrected chi connectivity index (χ1v) is 6.47. The molecule has 18 heavy (non-hydrogen) atoms. The first-order valence-electron chi connectivity index (χ1n) is 5.59. The molecule has 0 aromatic carbocycles. The summed E-state index contributed by atoms with van der Waals surface area (Å²) in [5.74, 6) is 0.255. The third-order valence-electron chi connectivity index (χ3n) is 2.60. The zero-order valence-corrected chi connectivity index (χ0v) is 11.1. The number of amides is 1. The summed E-state index contributed by atoms with van der Waals surface area (Å²) in [5.41, 5.74) is -0.145. The molecule has 1 unspecified atom stereocenters. The minimum Gasteiger partial charge on any atom is -0.466 e.